The summed E-state index contributed by atoms with van der Waals surface area (Å²) in [4.78, 5) is 1.74. The van der Waals surface area contributed by atoms with Gasteiger partial charge in [-0.05, 0) is 12.5 Å². The average molecular weight is 715 g/mol. The topological polar surface area (TPSA) is 313 Å². The summed E-state index contributed by atoms with van der Waals surface area (Å²) in [7, 11) is 0. The molecule has 5 rings (SSSR count). The largest absolute Gasteiger partial charge is 0.394 e. The third-order valence-corrected chi connectivity index (χ3v) is 9.88. The molecule has 19 atom stereocenters. The number of aliphatic hydroxyl groups excluding tert-OH is 12. The molecule has 13 N–H and O–H groups in total. The van der Waals surface area contributed by atoms with Crippen molar-refractivity contribution in [3.05, 3.63) is 11.6 Å². The second-order valence-electron chi connectivity index (χ2n) is 13.0. The summed E-state index contributed by atoms with van der Waals surface area (Å²) in [5, 5.41) is 129. The predicted octanol–water partition coefficient (Wildman–Crippen LogP) is -8.22. The van der Waals surface area contributed by atoms with Crippen LogP contribution >= 0.6 is 0 Å². The van der Waals surface area contributed by atoms with E-state index in [1.807, 2.05) is 0 Å². The minimum Gasteiger partial charge on any atom is -0.394 e. The Kier molecular flexibility index (Phi) is 13.4. The molecule has 0 amide bonds. The van der Waals surface area contributed by atoms with Crippen LogP contribution in [-0.2, 0) is 28.4 Å². The molecule has 1 aliphatic carbocycles. The molecule has 49 heavy (non-hydrogen) atoms. The normalized spacial score (nSPS) is 50.2. The summed E-state index contributed by atoms with van der Waals surface area (Å²) in [6.07, 6.45) is -24.7. The van der Waals surface area contributed by atoms with Crippen LogP contribution in [0.25, 0.3) is 0 Å². The van der Waals surface area contributed by atoms with Crippen LogP contribution in [0, 0.1) is 0 Å². The van der Waals surface area contributed by atoms with E-state index in [-0.39, 0.29) is 5.57 Å². The van der Waals surface area contributed by atoms with Crippen molar-refractivity contribution in [1.82, 2.24) is 10.2 Å². The smallest absolute Gasteiger partial charge is 0.187 e. The van der Waals surface area contributed by atoms with Gasteiger partial charge in [-0.3, -0.25) is 4.90 Å². The lowest BCUT2D eigenvalue weighted by molar-refractivity contribution is -0.371. The number of nitrogens with one attached hydrogen (secondary N) is 1. The molecule has 4 aliphatic heterocycles. The first-order valence-corrected chi connectivity index (χ1v) is 16.3. The molecule has 0 spiro atoms. The van der Waals surface area contributed by atoms with Crippen molar-refractivity contribution in [2.24, 2.45) is 0 Å². The van der Waals surface area contributed by atoms with Crippen LogP contribution < -0.4 is 5.32 Å². The van der Waals surface area contributed by atoms with Gasteiger partial charge < -0.3 is 95.0 Å². The molecule has 0 bridgehead atoms. The summed E-state index contributed by atoms with van der Waals surface area (Å²) in [5.41, 5.74) is 0.0314. The summed E-state index contributed by atoms with van der Waals surface area (Å²) in [5.74, 6) is 0. The summed E-state index contributed by atoms with van der Waals surface area (Å²) in [6.45, 7) is 0.994. The number of rotatable bonds is 10. The molecule has 20 heteroatoms. The first kappa shape index (κ1) is 39.2. The number of aliphatic hydroxyl groups is 12. The Hall–Kier alpha value is -1.06. The molecule has 0 aromatic carbocycles. The zero-order valence-electron chi connectivity index (χ0n) is 26.8. The minimum atomic E-state index is -1.90. The molecule has 4 heterocycles. The molecule has 0 aromatic rings. The van der Waals surface area contributed by atoms with Crippen molar-refractivity contribution in [3.8, 4) is 0 Å². The molecule has 4 saturated heterocycles. The average Bonchev–Trinajstić information content (AvgIpc) is 3.10. The predicted molar refractivity (Wildman–Crippen MR) is 158 cm³/mol. The highest BCUT2D eigenvalue weighted by molar-refractivity contribution is 5.22. The van der Waals surface area contributed by atoms with Gasteiger partial charge in [-0.25, -0.2) is 0 Å². The van der Waals surface area contributed by atoms with Gasteiger partial charge in [0.15, 0.2) is 12.6 Å². The lowest BCUT2D eigenvalue weighted by Crippen LogP contribution is -2.69. The van der Waals surface area contributed by atoms with Gasteiger partial charge in [0.05, 0.1) is 51.2 Å². The van der Waals surface area contributed by atoms with E-state index >= 15 is 0 Å². The van der Waals surface area contributed by atoms with Crippen LogP contribution in [-0.4, -0.2) is 229 Å². The molecular formula is C29H50N2O18. The molecular weight excluding hydrogens is 664 g/mol. The van der Waals surface area contributed by atoms with Gasteiger partial charge in [0.25, 0.3) is 0 Å². The molecule has 19 unspecified atom stereocenters. The number of ether oxygens (including phenoxy) is 6. The van der Waals surface area contributed by atoms with Gasteiger partial charge >= 0.3 is 0 Å². The zero-order valence-corrected chi connectivity index (χ0v) is 26.8. The highest BCUT2D eigenvalue weighted by Gasteiger charge is 2.54. The summed E-state index contributed by atoms with van der Waals surface area (Å²) >= 11 is 0. The Morgan fingerprint density at radius 1 is 0.694 bits per heavy atom. The van der Waals surface area contributed by atoms with Crippen molar-refractivity contribution < 1.29 is 89.7 Å². The molecule has 4 fully saturated rings. The molecule has 5 aliphatic rings. The van der Waals surface area contributed by atoms with Crippen LogP contribution in [0.3, 0.4) is 0 Å². The Bertz CT molecular complexity index is 1080. The second-order valence-corrected chi connectivity index (χ2v) is 13.0. The van der Waals surface area contributed by atoms with Crippen molar-refractivity contribution >= 4 is 0 Å². The van der Waals surface area contributed by atoms with Crippen molar-refractivity contribution in [2.75, 3.05) is 46.1 Å². The van der Waals surface area contributed by atoms with Gasteiger partial charge in [-0.15, -0.1) is 0 Å². The number of hydrogen-bond acceptors (Lipinski definition) is 20. The number of morpholine rings is 1. The summed E-state index contributed by atoms with van der Waals surface area (Å²) in [6, 6.07) is -2.15. The fourth-order valence-corrected chi connectivity index (χ4v) is 6.95. The Balaban J connectivity index is 1.22. The fraction of sp³-hybridized carbons (Fsp3) is 0.931. The van der Waals surface area contributed by atoms with E-state index in [2.05, 4.69) is 5.32 Å². The van der Waals surface area contributed by atoms with Crippen molar-refractivity contribution in [2.45, 2.75) is 123 Å². The maximum absolute atomic E-state index is 11.1. The van der Waals surface area contributed by atoms with Gasteiger partial charge in [-0.1, -0.05) is 6.08 Å². The van der Waals surface area contributed by atoms with Crippen molar-refractivity contribution in [3.63, 3.8) is 0 Å². The lowest BCUT2D eigenvalue weighted by atomic mass is 9.86. The first-order chi connectivity index (χ1) is 23.3. The SMILES string of the molecule is CC1OC(OC2C(CO)OC(OC3C(CO)OC(N4CCOCC4)C(O)C3O)C(O)C2O)C(O)C(O)C1NC1C=C(CO)C(O)C(O)C1O. The highest BCUT2D eigenvalue weighted by atomic mass is 16.7. The van der Waals surface area contributed by atoms with Crippen LogP contribution in [0.15, 0.2) is 11.6 Å². The standard InChI is InChI=1S/C29H50N2O18/c1-10-15(30-12-6-11(7-32)16(35)19(38)17(12)36)18(37)23(42)28(45-10)48-26-14(9-34)47-29(24(43)21(26)40)49-25-13(8-33)46-27(22(41)20(25)39)31-2-4-44-5-3-31/h6,10,12-30,32-43H,2-5,7-9H2,1H3. The summed E-state index contributed by atoms with van der Waals surface area (Å²) < 4.78 is 34.1. The number of hydrogen-bond donors (Lipinski definition) is 13. The van der Waals surface area contributed by atoms with E-state index in [0.29, 0.717) is 26.3 Å². The Labute approximate surface area is 281 Å². The van der Waals surface area contributed by atoms with Gasteiger partial charge in [-0.2, -0.15) is 0 Å². The molecule has 0 aromatic heterocycles. The monoisotopic (exact) mass is 714 g/mol. The van der Waals surface area contributed by atoms with Crippen LogP contribution in [0.5, 0.6) is 0 Å². The third kappa shape index (κ3) is 7.99. The Morgan fingerprint density at radius 2 is 1.24 bits per heavy atom. The molecule has 20 nitrogen and oxygen atoms in total. The van der Waals surface area contributed by atoms with E-state index in [1.54, 1.807) is 4.90 Å². The number of nitrogens with zero attached hydrogens (tertiary/aromatic N) is 1. The van der Waals surface area contributed by atoms with Crippen LogP contribution in [0.4, 0.5) is 0 Å². The minimum absolute atomic E-state index is 0.0314. The maximum Gasteiger partial charge on any atom is 0.187 e. The third-order valence-electron chi connectivity index (χ3n) is 9.88. The van der Waals surface area contributed by atoms with E-state index in [0.717, 1.165) is 0 Å². The first-order valence-electron chi connectivity index (χ1n) is 16.3. The maximum atomic E-state index is 11.1. The molecule has 284 valence electrons. The van der Waals surface area contributed by atoms with Gasteiger partial charge in [0.1, 0.15) is 85.6 Å². The van der Waals surface area contributed by atoms with E-state index in [9.17, 15) is 61.3 Å². The van der Waals surface area contributed by atoms with Gasteiger partial charge in [0.2, 0.25) is 0 Å². The fourth-order valence-electron chi connectivity index (χ4n) is 6.95. The van der Waals surface area contributed by atoms with E-state index < -0.39 is 136 Å². The van der Waals surface area contributed by atoms with Gasteiger partial charge in [0, 0.05) is 13.1 Å². The van der Waals surface area contributed by atoms with Crippen LogP contribution in [0.1, 0.15) is 6.92 Å². The second kappa shape index (κ2) is 16.7. The van der Waals surface area contributed by atoms with Crippen LogP contribution in [0.2, 0.25) is 0 Å². The van der Waals surface area contributed by atoms with E-state index in [1.165, 1.54) is 13.0 Å². The Morgan fingerprint density at radius 3 is 1.84 bits per heavy atom. The molecule has 0 saturated carbocycles. The van der Waals surface area contributed by atoms with Crippen molar-refractivity contribution in [1.29, 1.82) is 0 Å². The van der Waals surface area contributed by atoms with E-state index in [4.69, 9.17) is 28.4 Å². The quantitative estimate of drug-likeness (QED) is 0.0935. The zero-order chi connectivity index (χ0) is 35.7. The highest BCUT2D eigenvalue weighted by Crippen LogP contribution is 2.33. The molecule has 0 radical (unpaired) electrons. The lowest BCUT2D eigenvalue weighted by Gasteiger charge is -2.50.